The molecule has 0 spiro atoms. The average molecular weight is 464 g/mol. The minimum Gasteiger partial charge on any atom is -0.385 e. The highest BCUT2D eigenvalue weighted by atomic mass is 127. The molecule has 2 rings (SSSR count). The van der Waals surface area contributed by atoms with Gasteiger partial charge in [0.1, 0.15) is 0 Å². The van der Waals surface area contributed by atoms with E-state index in [0.29, 0.717) is 17.9 Å². The van der Waals surface area contributed by atoms with Crippen molar-refractivity contribution in [3.05, 3.63) is 17.5 Å². The van der Waals surface area contributed by atoms with Crippen LogP contribution < -0.4 is 10.6 Å². The van der Waals surface area contributed by atoms with E-state index in [1.54, 1.807) is 14.2 Å². The molecule has 0 bridgehead atoms. The molecule has 0 saturated heterocycles. The molecule has 1 aliphatic rings. The van der Waals surface area contributed by atoms with Gasteiger partial charge in [0, 0.05) is 33.4 Å². The van der Waals surface area contributed by atoms with Crippen LogP contribution in [0.5, 0.6) is 0 Å². The monoisotopic (exact) mass is 464 g/mol. The highest BCUT2D eigenvalue weighted by molar-refractivity contribution is 14.0. The van der Waals surface area contributed by atoms with Crippen molar-refractivity contribution < 1.29 is 9.26 Å². The number of guanidine groups is 1. The van der Waals surface area contributed by atoms with E-state index in [2.05, 4.69) is 34.6 Å². The van der Waals surface area contributed by atoms with Crippen molar-refractivity contribution >= 4 is 29.9 Å². The smallest absolute Gasteiger partial charge is 0.191 e. The van der Waals surface area contributed by atoms with Crippen LogP contribution in [-0.4, -0.2) is 38.4 Å². The molecule has 144 valence electrons. The first-order valence-corrected chi connectivity index (χ1v) is 8.97. The maximum Gasteiger partial charge on any atom is 0.191 e. The van der Waals surface area contributed by atoms with Crippen molar-refractivity contribution in [3.8, 4) is 0 Å². The van der Waals surface area contributed by atoms with Crippen molar-refractivity contribution in [2.45, 2.75) is 58.4 Å². The Balaban J connectivity index is 0.00000312. The normalized spacial score (nSPS) is 16.8. The van der Waals surface area contributed by atoms with E-state index in [1.807, 2.05) is 6.07 Å². The predicted octanol–water partition coefficient (Wildman–Crippen LogP) is 3.68. The Kier molecular flexibility index (Phi) is 9.78. The molecule has 2 N–H and O–H groups in total. The van der Waals surface area contributed by atoms with Gasteiger partial charge in [-0.15, -0.1) is 24.0 Å². The first-order valence-electron chi connectivity index (χ1n) is 8.97. The van der Waals surface area contributed by atoms with Gasteiger partial charge in [0.15, 0.2) is 11.7 Å². The number of aliphatic imine (C=N–C) groups is 1. The van der Waals surface area contributed by atoms with Crippen LogP contribution >= 0.6 is 24.0 Å². The molecule has 0 unspecified atom stereocenters. The first-order chi connectivity index (χ1) is 11.6. The standard InChI is InChI=1S/C18H32N4O2.HI/c1-14(2)16-11-15(24-22-16)12-20-17(19-3)21-13-18(9-10-23-4)7-5-6-8-18;/h11,14H,5-10,12-13H2,1-4H3,(H2,19,20,21);1H. The first kappa shape index (κ1) is 22.2. The third-order valence-corrected chi connectivity index (χ3v) is 4.95. The van der Waals surface area contributed by atoms with Crippen molar-refractivity contribution in [2.75, 3.05) is 27.3 Å². The number of halogens is 1. The predicted molar refractivity (Wildman–Crippen MR) is 112 cm³/mol. The lowest BCUT2D eigenvalue weighted by atomic mass is 9.83. The van der Waals surface area contributed by atoms with Crippen LogP contribution in [0.3, 0.4) is 0 Å². The molecule has 1 aromatic rings. The summed E-state index contributed by atoms with van der Waals surface area (Å²) in [6.07, 6.45) is 6.26. The third-order valence-electron chi connectivity index (χ3n) is 4.95. The second kappa shape index (κ2) is 11.0. The summed E-state index contributed by atoms with van der Waals surface area (Å²) in [6.45, 7) is 6.56. The Morgan fingerprint density at radius 3 is 2.64 bits per heavy atom. The van der Waals surface area contributed by atoms with Crippen molar-refractivity contribution in [1.29, 1.82) is 0 Å². The van der Waals surface area contributed by atoms with Crippen molar-refractivity contribution in [1.82, 2.24) is 15.8 Å². The van der Waals surface area contributed by atoms with Crippen LogP contribution in [0.15, 0.2) is 15.6 Å². The summed E-state index contributed by atoms with van der Waals surface area (Å²) in [5, 5.41) is 10.9. The van der Waals surface area contributed by atoms with Gasteiger partial charge in [-0.25, -0.2) is 0 Å². The summed E-state index contributed by atoms with van der Waals surface area (Å²) >= 11 is 0. The molecule has 0 atom stereocenters. The highest BCUT2D eigenvalue weighted by Crippen LogP contribution is 2.40. The maximum atomic E-state index is 5.36. The SMILES string of the molecule is CN=C(NCc1cc(C(C)C)no1)NCC1(CCOC)CCCC1.I. The van der Waals surface area contributed by atoms with Gasteiger partial charge in [-0.2, -0.15) is 0 Å². The van der Waals surface area contributed by atoms with Crippen LogP contribution in [0.1, 0.15) is 63.3 Å². The number of hydrogen-bond acceptors (Lipinski definition) is 4. The molecular formula is C18H33IN4O2. The number of methoxy groups -OCH3 is 1. The lowest BCUT2D eigenvalue weighted by molar-refractivity contribution is 0.138. The summed E-state index contributed by atoms with van der Waals surface area (Å²) in [4.78, 5) is 4.32. The quantitative estimate of drug-likeness (QED) is 0.349. The number of rotatable bonds is 8. The molecule has 0 aromatic carbocycles. The number of ether oxygens (including phenoxy) is 1. The van der Waals surface area contributed by atoms with Crippen LogP contribution in [0, 0.1) is 5.41 Å². The molecule has 0 aliphatic heterocycles. The van der Waals surface area contributed by atoms with E-state index in [0.717, 1.165) is 37.0 Å². The fraction of sp³-hybridized carbons (Fsp3) is 0.778. The molecule has 25 heavy (non-hydrogen) atoms. The Labute approximate surface area is 168 Å². The Hall–Kier alpha value is -0.830. The van der Waals surface area contributed by atoms with Gasteiger partial charge in [-0.05, 0) is 30.6 Å². The number of hydrogen-bond donors (Lipinski definition) is 2. The molecular weight excluding hydrogens is 431 g/mol. The van der Waals surface area contributed by atoms with Crippen LogP contribution in [-0.2, 0) is 11.3 Å². The molecule has 1 aromatic heterocycles. The zero-order valence-corrected chi connectivity index (χ0v) is 18.3. The van der Waals surface area contributed by atoms with Gasteiger partial charge in [-0.1, -0.05) is 31.8 Å². The molecule has 7 heteroatoms. The van der Waals surface area contributed by atoms with Gasteiger partial charge in [-0.3, -0.25) is 4.99 Å². The molecule has 0 radical (unpaired) electrons. The van der Waals surface area contributed by atoms with Crippen molar-refractivity contribution in [3.63, 3.8) is 0 Å². The van der Waals surface area contributed by atoms with E-state index >= 15 is 0 Å². The Bertz CT molecular complexity index is 525. The third kappa shape index (κ3) is 6.77. The summed E-state index contributed by atoms with van der Waals surface area (Å²) in [7, 11) is 3.57. The van der Waals surface area contributed by atoms with Crippen molar-refractivity contribution in [2.24, 2.45) is 10.4 Å². The van der Waals surface area contributed by atoms with E-state index in [4.69, 9.17) is 9.26 Å². The van der Waals surface area contributed by atoms with Gasteiger partial charge in [0.05, 0.1) is 12.2 Å². The summed E-state index contributed by atoms with van der Waals surface area (Å²) < 4.78 is 10.7. The lowest BCUT2D eigenvalue weighted by Gasteiger charge is -2.29. The summed E-state index contributed by atoms with van der Waals surface area (Å²) in [5.74, 6) is 2.01. The van der Waals surface area contributed by atoms with Crippen LogP contribution in [0.2, 0.25) is 0 Å². The number of nitrogens with one attached hydrogen (secondary N) is 2. The van der Waals surface area contributed by atoms with E-state index in [1.165, 1.54) is 25.7 Å². The molecule has 1 saturated carbocycles. The van der Waals surface area contributed by atoms with Crippen LogP contribution in [0.4, 0.5) is 0 Å². The molecule has 1 aliphatic carbocycles. The van der Waals surface area contributed by atoms with Gasteiger partial charge >= 0.3 is 0 Å². The topological polar surface area (TPSA) is 71.7 Å². The zero-order chi connectivity index (χ0) is 17.4. The minimum absolute atomic E-state index is 0. The Morgan fingerprint density at radius 2 is 2.08 bits per heavy atom. The Morgan fingerprint density at radius 1 is 1.36 bits per heavy atom. The number of aromatic nitrogens is 1. The zero-order valence-electron chi connectivity index (χ0n) is 15.9. The largest absolute Gasteiger partial charge is 0.385 e. The van der Waals surface area contributed by atoms with E-state index in [9.17, 15) is 0 Å². The van der Waals surface area contributed by atoms with E-state index in [-0.39, 0.29) is 24.0 Å². The summed E-state index contributed by atoms with van der Waals surface area (Å²) in [5.41, 5.74) is 1.32. The number of nitrogens with zero attached hydrogens (tertiary/aromatic N) is 2. The van der Waals surface area contributed by atoms with Gasteiger partial charge in [0.25, 0.3) is 0 Å². The average Bonchev–Trinajstić information content (AvgIpc) is 3.23. The second-order valence-electron chi connectivity index (χ2n) is 7.10. The second-order valence-corrected chi connectivity index (χ2v) is 7.10. The minimum atomic E-state index is 0. The fourth-order valence-electron chi connectivity index (χ4n) is 3.31. The molecule has 0 amide bonds. The van der Waals surface area contributed by atoms with Gasteiger partial charge in [0.2, 0.25) is 0 Å². The van der Waals surface area contributed by atoms with Crippen LogP contribution in [0.25, 0.3) is 0 Å². The lowest BCUT2D eigenvalue weighted by Crippen LogP contribution is -2.43. The van der Waals surface area contributed by atoms with E-state index < -0.39 is 0 Å². The van der Waals surface area contributed by atoms with Gasteiger partial charge < -0.3 is 19.9 Å². The molecule has 1 heterocycles. The highest BCUT2D eigenvalue weighted by Gasteiger charge is 2.33. The molecule has 6 nitrogen and oxygen atoms in total. The maximum absolute atomic E-state index is 5.36. The fourth-order valence-corrected chi connectivity index (χ4v) is 3.31. The molecule has 1 fully saturated rings. The summed E-state index contributed by atoms with van der Waals surface area (Å²) in [6, 6.07) is 2.00.